The van der Waals surface area contributed by atoms with Crippen LogP contribution in [0.2, 0.25) is 8.35 Å². The van der Waals surface area contributed by atoms with Gasteiger partial charge in [0.1, 0.15) is 0 Å². The molecule has 0 N–H and O–H groups in total. The fraction of sp³-hybridized carbons (Fsp3) is 1.00. The van der Waals surface area contributed by atoms with E-state index in [0.29, 0.717) is 0 Å². The third kappa shape index (κ3) is 1.98. The van der Waals surface area contributed by atoms with Crippen LogP contribution in [-0.4, -0.2) is 47.4 Å². The first kappa shape index (κ1) is 6.94. The van der Waals surface area contributed by atoms with Crippen LogP contribution in [0, 0.1) is 0 Å². The summed E-state index contributed by atoms with van der Waals surface area (Å²) in [5.74, 6) is 0. The molecule has 45 valence electrons. The van der Waals surface area contributed by atoms with Crippen molar-refractivity contribution in [1.82, 2.24) is 4.90 Å². The number of hydrogen-bond acceptors (Lipinski definition) is 1. The van der Waals surface area contributed by atoms with Crippen molar-refractivity contribution in [3.63, 3.8) is 0 Å². The molecule has 0 atom stereocenters. The first-order chi connectivity index (χ1) is 3.93. The second-order valence-electron chi connectivity index (χ2n) is 2.30. The summed E-state index contributed by atoms with van der Waals surface area (Å²) in [6, 6.07) is 0. The minimum atomic E-state index is 0.0470. The molecule has 1 fully saturated rings. The van der Waals surface area contributed by atoms with Crippen molar-refractivity contribution in [2.75, 3.05) is 19.6 Å². The molecule has 0 bridgehead atoms. The Kier molecular flexibility index (Phi) is 3.28. The summed E-state index contributed by atoms with van der Waals surface area (Å²) < 4.78 is 3.23. The van der Waals surface area contributed by atoms with E-state index in [1.54, 1.807) is 8.35 Å². The number of nitrogens with zero attached hydrogens (tertiary/aromatic N) is 1. The molecule has 1 saturated heterocycles. The van der Waals surface area contributed by atoms with Gasteiger partial charge in [-0.25, -0.2) is 0 Å². The van der Waals surface area contributed by atoms with Crippen LogP contribution in [0.15, 0.2) is 0 Å². The van der Waals surface area contributed by atoms with E-state index < -0.39 is 0 Å². The molecule has 0 aromatic carbocycles. The van der Waals surface area contributed by atoms with Crippen molar-refractivity contribution in [1.29, 1.82) is 0 Å². The van der Waals surface area contributed by atoms with E-state index in [1.165, 1.54) is 19.6 Å². The maximum absolute atomic E-state index is 2.56. The van der Waals surface area contributed by atoms with Crippen LogP contribution in [0.4, 0.5) is 0 Å². The van der Waals surface area contributed by atoms with Gasteiger partial charge in [-0.15, -0.1) is 0 Å². The van der Waals surface area contributed by atoms with Crippen molar-refractivity contribution in [3.8, 4) is 0 Å². The SMILES string of the molecule is CCN1C[CH2][In][CH2]C1. The molecule has 1 radical (unpaired) electrons. The van der Waals surface area contributed by atoms with Crippen LogP contribution in [0.3, 0.4) is 0 Å². The summed E-state index contributed by atoms with van der Waals surface area (Å²) >= 11 is 0.0470. The van der Waals surface area contributed by atoms with Crippen LogP contribution in [0.5, 0.6) is 0 Å². The van der Waals surface area contributed by atoms with Crippen LogP contribution in [0.1, 0.15) is 6.92 Å². The Labute approximate surface area is 62.8 Å². The molecule has 2 heteroatoms. The summed E-state index contributed by atoms with van der Waals surface area (Å²) in [5, 5.41) is 0. The van der Waals surface area contributed by atoms with Crippen molar-refractivity contribution in [2.24, 2.45) is 0 Å². The van der Waals surface area contributed by atoms with E-state index in [0.717, 1.165) is 0 Å². The van der Waals surface area contributed by atoms with Crippen molar-refractivity contribution >= 4 is 22.9 Å². The van der Waals surface area contributed by atoms with Crippen LogP contribution in [0.25, 0.3) is 0 Å². The molecule has 1 aliphatic rings. The van der Waals surface area contributed by atoms with E-state index in [4.69, 9.17) is 0 Å². The number of hydrogen-bond donors (Lipinski definition) is 0. The topological polar surface area (TPSA) is 3.24 Å². The molecule has 1 rings (SSSR count). The monoisotopic (exact) mass is 214 g/mol. The minimum absolute atomic E-state index is 0.0470. The first-order valence-corrected chi connectivity index (χ1v) is 8.13. The zero-order valence-corrected chi connectivity index (χ0v) is 8.86. The second kappa shape index (κ2) is 3.78. The molecule has 1 aliphatic heterocycles. The molecule has 1 nitrogen and oxygen atoms in total. The first-order valence-electron chi connectivity index (χ1n) is 3.47. The Hall–Kier alpha value is 0.830. The van der Waals surface area contributed by atoms with Crippen LogP contribution < -0.4 is 0 Å². The van der Waals surface area contributed by atoms with Gasteiger partial charge < -0.3 is 0 Å². The van der Waals surface area contributed by atoms with Crippen LogP contribution in [-0.2, 0) is 0 Å². The van der Waals surface area contributed by atoms with E-state index in [-0.39, 0.29) is 22.9 Å². The molecule has 0 aromatic rings. The summed E-state index contributed by atoms with van der Waals surface area (Å²) in [6.45, 7) is 6.40. The average molecular weight is 214 g/mol. The van der Waals surface area contributed by atoms with Crippen molar-refractivity contribution < 1.29 is 0 Å². The van der Waals surface area contributed by atoms with E-state index in [2.05, 4.69) is 11.8 Å². The van der Waals surface area contributed by atoms with Gasteiger partial charge in [-0.2, -0.15) is 0 Å². The predicted octanol–water partition coefficient (Wildman–Crippen LogP) is 0.863. The molecule has 0 aliphatic carbocycles. The molecule has 0 amide bonds. The Morgan fingerprint density at radius 1 is 1.38 bits per heavy atom. The van der Waals surface area contributed by atoms with Gasteiger partial charge >= 0.3 is 62.7 Å². The number of rotatable bonds is 1. The van der Waals surface area contributed by atoms with Crippen molar-refractivity contribution in [2.45, 2.75) is 15.3 Å². The van der Waals surface area contributed by atoms with E-state index in [1.807, 2.05) is 0 Å². The Bertz CT molecular complexity index is 59.5. The Morgan fingerprint density at radius 3 is 2.38 bits per heavy atom. The second-order valence-corrected chi connectivity index (χ2v) is 7.24. The standard InChI is InChI=1S/C6H13N.In/c1-4-7(5-2)6-3;/h1-2,4-6H2,3H3;. The summed E-state index contributed by atoms with van der Waals surface area (Å²) in [4.78, 5) is 2.56. The van der Waals surface area contributed by atoms with E-state index in [9.17, 15) is 0 Å². The third-order valence-electron chi connectivity index (χ3n) is 1.75. The zero-order valence-electron chi connectivity index (χ0n) is 5.56. The Balaban J connectivity index is 2.13. The Morgan fingerprint density at radius 2 is 2.00 bits per heavy atom. The van der Waals surface area contributed by atoms with Gasteiger partial charge in [0, 0.05) is 0 Å². The van der Waals surface area contributed by atoms with Gasteiger partial charge in [-0.3, -0.25) is 0 Å². The predicted molar refractivity (Wildman–Crippen MR) is 37.5 cm³/mol. The molecule has 0 unspecified atom stereocenters. The zero-order chi connectivity index (χ0) is 5.82. The molecule has 0 saturated carbocycles. The van der Waals surface area contributed by atoms with Gasteiger partial charge in [0.15, 0.2) is 0 Å². The van der Waals surface area contributed by atoms with Gasteiger partial charge in [0.25, 0.3) is 0 Å². The average Bonchev–Trinajstić information content (AvgIpc) is 1.90. The maximum atomic E-state index is 2.56. The van der Waals surface area contributed by atoms with Gasteiger partial charge in [-0.05, 0) is 0 Å². The van der Waals surface area contributed by atoms with E-state index >= 15 is 0 Å². The molecule has 8 heavy (non-hydrogen) atoms. The molecule has 0 spiro atoms. The van der Waals surface area contributed by atoms with Gasteiger partial charge in [0.05, 0.1) is 0 Å². The molecule has 1 heterocycles. The normalized spacial score (nSPS) is 22.6. The van der Waals surface area contributed by atoms with Crippen molar-refractivity contribution in [3.05, 3.63) is 0 Å². The van der Waals surface area contributed by atoms with Crippen LogP contribution >= 0.6 is 0 Å². The fourth-order valence-corrected chi connectivity index (χ4v) is 5.07. The quantitative estimate of drug-likeness (QED) is 0.625. The molecule has 0 aromatic heterocycles. The fourth-order valence-electron chi connectivity index (χ4n) is 1.12. The summed E-state index contributed by atoms with van der Waals surface area (Å²) in [6.07, 6.45) is 0. The summed E-state index contributed by atoms with van der Waals surface area (Å²) in [7, 11) is 0. The molecular formula is C6H13InN. The summed E-state index contributed by atoms with van der Waals surface area (Å²) in [5.41, 5.74) is 0. The molecular weight excluding hydrogens is 201 g/mol. The van der Waals surface area contributed by atoms with Gasteiger partial charge in [-0.1, -0.05) is 0 Å². The third-order valence-corrected chi connectivity index (χ3v) is 5.55. The van der Waals surface area contributed by atoms with Gasteiger partial charge in [0.2, 0.25) is 0 Å².